The van der Waals surface area contributed by atoms with E-state index in [9.17, 15) is 18.0 Å². The molecule has 2 amide bonds. The van der Waals surface area contributed by atoms with Crippen LogP contribution in [0.4, 0.5) is 5.69 Å². The minimum atomic E-state index is -4.17. The van der Waals surface area contributed by atoms with Crippen LogP contribution in [0, 0.1) is 6.92 Å². The molecule has 0 radical (unpaired) electrons. The first-order chi connectivity index (χ1) is 22.0. The largest absolute Gasteiger partial charge is 0.352 e. The summed E-state index contributed by atoms with van der Waals surface area (Å²) < 4.78 is 29.5. The fourth-order valence-electron chi connectivity index (χ4n) is 4.90. The SMILES string of the molecule is CC[C@H](C)NC(=O)[C@@H](Cc1ccccc1)N(Cc1ccc(Cl)cc1)C(=O)CN(c1ccc(C)cc1)S(=O)(=O)c1ccc(SC)cc1. The monoisotopic (exact) mass is 677 g/mol. The Bertz CT molecular complexity index is 1700. The molecule has 0 saturated heterocycles. The smallest absolute Gasteiger partial charge is 0.264 e. The molecule has 0 fully saturated rings. The lowest BCUT2D eigenvalue weighted by atomic mass is 10.0. The summed E-state index contributed by atoms with van der Waals surface area (Å²) in [6, 6.07) is 29.1. The van der Waals surface area contributed by atoms with Crippen molar-refractivity contribution in [2.75, 3.05) is 17.1 Å². The van der Waals surface area contributed by atoms with Crippen LogP contribution in [0.5, 0.6) is 0 Å². The lowest BCUT2D eigenvalue weighted by molar-refractivity contribution is -0.140. The topological polar surface area (TPSA) is 86.8 Å². The van der Waals surface area contributed by atoms with Crippen molar-refractivity contribution in [3.05, 3.63) is 125 Å². The molecule has 7 nitrogen and oxygen atoms in total. The zero-order valence-corrected chi connectivity index (χ0v) is 28.9. The van der Waals surface area contributed by atoms with Crippen molar-refractivity contribution in [1.82, 2.24) is 10.2 Å². The molecule has 0 saturated carbocycles. The molecule has 0 heterocycles. The fourth-order valence-corrected chi connectivity index (χ4v) is 6.84. The van der Waals surface area contributed by atoms with Gasteiger partial charge in [0.25, 0.3) is 10.0 Å². The highest BCUT2D eigenvalue weighted by molar-refractivity contribution is 7.98. The first-order valence-corrected chi connectivity index (χ1v) is 18.2. The van der Waals surface area contributed by atoms with E-state index in [2.05, 4.69) is 5.32 Å². The lowest BCUT2D eigenvalue weighted by Crippen LogP contribution is -2.54. The van der Waals surface area contributed by atoms with Crippen molar-refractivity contribution in [2.24, 2.45) is 0 Å². The second kappa shape index (κ2) is 16.2. The van der Waals surface area contributed by atoms with Gasteiger partial charge in [-0.05, 0) is 86.2 Å². The Morgan fingerprint density at radius 2 is 1.50 bits per heavy atom. The van der Waals surface area contributed by atoms with Gasteiger partial charge in [0.1, 0.15) is 12.6 Å². The molecular weight excluding hydrogens is 638 g/mol. The summed E-state index contributed by atoms with van der Waals surface area (Å²) in [7, 11) is -4.17. The number of carbonyl (C=O) groups excluding carboxylic acids is 2. The summed E-state index contributed by atoms with van der Waals surface area (Å²) in [5.41, 5.74) is 2.93. The van der Waals surface area contributed by atoms with E-state index in [4.69, 9.17) is 11.6 Å². The molecule has 0 aliphatic heterocycles. The molecule has 0 unspecified atom stereocenters. The van der Waals surface area contributed by atoms with Gasteiger partial charge in [0.05, 0.1) is 10.6 Å². The highest BCUT2D eigenvalue weighted by atomic mass is 35.5. The number of aryl methyl sites for hydroxylation is 1. The predicted octanol–water partition coefficient (Wildman–Crippen LogP) is 7.12. The maximum Gasteiger partial charge on any atom is 0.264 e. The zero-order valence-electron chi connectivity index (χ0n) is 26.5. The van der Waals surface area contributed by atoms with Gasteiger partial charge in [0.15, 0.2) is 0 Å². The molecule has 10 heteroatoms. The number of rotatable bonds is 14. The Hall–Kier alpha value is -3.79. The summed E-state index contributed by atoms with van der Waals surface area (Å²) in [5.74, 6) is -0.821. The zero-order chi connectivity index (χ0) is 33.3. The molecule has 4 aromatic carbocycles. The van der Waals surface area contributed by atoms with Crippen LogP contribution in [0.25, 0.3) is 0 Å². The van der Waals surface area contributed by atoms with Gasteiger partial charge < -0.3 is 10.2 Å². The van der Waals surface area contributed by atoms with Gasteiger partial charge in [-0.15, -0.1) is 11.8 Å². The number of nitrogens with zero attached hydrogens (tertiary/aromatic N) is 2. The summed E-state index contributed by atoms with van der Waals surface area (Å²) in [6.07, 6.45) is 2.87. The molecule has 0 aliphatic carbocycles. The quantitative estimate of drug-likeness (QED) is 0.144. The van der Waals surface area contributed by atoms with Crippen LogP contribution < -0.4 is 9.62 Å². The van der Waals surface area contributed by atoms with Crippen molar-refractivity contribution >= 4 is 50.9 Å². The first kappa shape index (κ1) is 35.1. The third-order valence-electron chi connectivity index (χ3n) is 7.79. The highest BCUT2D eigenvalue weighted by Gasteiger charge is 2.35. The second-order valence-electron chi connectivity index (χ2n) is 11.2. The van der Waals surface area contributed by atoms with Gasteiger partial charge in [-0.1, -0.05) is 78.7 Å². The van der Waals surface area contributed by atoms with Gasteiger partial charge in [0.2, 0.25) is 11.8 Å². The van der Waals surface area contributed by atoms with Crippen LogP contribution in [0.1, 0.15) is 37.0 Å². The van der Waals surface area contributed by atoms with Crippen LogP contribution >= 0.6 is 23.4 Å². The summed E-state index contributed by atoms with van der Waals surface area (Å²) in [5, 5.41) is 3.59. The number of amides is 2. The molecule has 46 heavy (non-hydrogen) atoms. The molecule has 242 valence electrons. The van der Waals surface area contributed by atoms with Crippen molar-refractivity contribution in [1.29, 1.82) is 0 Å². The number of sulfonamides is 1. The maximum atomic E-state index is 14.5. The fraction of sp³-hybridized carbons (Fsp3) is 0.278. The van der Waals surface area contributed by atoms with Gasteiger partial charge in [-0.2, -0.15) is 0 Å². The van der Waals surface area contributed by atoms with E-state index in [1.807, 2.05) is 69.5 Å². The van der Waals surface area contributed by atoms with Crippen molar-refractivity contribution in [2.45, 2.75) is 62.0 Å². The number of halogens is 1. The molecule has 0 aliphatic rings. The lowest BCUT2D eigenvalue weighted by Gasteiger charge is -2.34. The summed E-state index contributed by atoms with van der Waals surface area (Å²) in [4.78, 5) is 30.9. The van der Waals surface area contributed by atoms with Gasteiger partial charge >= 0.3 is 0 Å². The Balaban J connectivity index is 1.80. The first-order valence-electron chi connectivity index (χ1n) is 15.1. The molecule has 1 N–H and O–H groups in total. The van der Waals surface area contributed by atoms with Crippen molar-refractivity contribution < 1.29 is 18.0 Å². The highest BCUT2D eigenvalue weighted by Crippen LogP contribution is 2.27. The van der Waals surface area contributed by atoms with Crippen LogP contribution in [-0.2, 0) is 32.6 Å². The molecule has 4 rings (SSSR count). The molecule has 2 atom stereocenters. The maximum absolute atomic E-state index is 14.5. The Labute approximate surface area is 282 Å². The van der Waals surface area contributed by atoms with E-state index < -0.39 is 28.5 Å². The molecular formula is C36H40ClN3O4S2. The molecule has 0 aromatic heterocycles. The minimum Gasteiger partial charge on any atom is -0.352 e. The molecule has 4 aromatic rings. The van der Waals surface area contributed by atoms with Gasteiger partial charge in [-0.3, -0.25) is 13.9 Å². The van der Waals surface area contributed by atoms with E-state index in [1.54, 1.807) is 60.7 Å². The third-order valence-corrected chi connectivity index (χ3v) is 10.6. The average molecular weight is 678 g/mol. The number of anilines is 1. The standard InChI is InChI=1S/C36H40ClN3O4S2/c1-5-27(3)38-36(42)34(23-28-9-7-6-8-10-28)39(24-29-13-15-30(37)16-14-29)35(41)25-40(31-17-11-26(2)12-18-31)46(43,44)33-21-19-32(45-4)20-22-33/h6-22,27,34H,5,23-25H2,1-4H3,(H,38,42)/t27-,34+/m0/s1. The van der Waals surface area contributed by atoms with Crippen LogP contribution in [0.15, 0.2) is 113 Å². The Kier molecular flexibility index (Phi) is 12.3. The predicted molar refractivity (Wildman–Crippen MR) is 188 cm³/mol. The van der Waals surface area contributed by atoms with E-state index in [0.717, 1.165) is 25.9 Å². The van der Waals surface area contributed by atoms with Crippen LogP contribution in [-0.4, -0.2) is 50.0 Å². The minimum absolute atomic E-state index is 0.0678. The number of hydrogen-bond acceptors (Lipinski definition) is 5. The molecule has 0 bridgehead atoms. The average Bonchev–Trinajstić information content (AvgIpc) is 3.06. The van der Waals surface area contributed by atoms with E-state index in [1.165, 1.54) is 16.7 Å². The van der Waals surface area contributed by atoms with Crippen LogP contribution in [0.3, 0.4) is 0 Å². The number of nitrogens with one attached hydrogen (secondary N) is 1. The normalized spacial score (nSPS) is 12.6. The van der Waals surface area contributed by atoms with E-state index in [-0.39, 0.29) is 29.8 Å². The second-order valence-corrected chi connectivity index (χ2v) is 14.4. The van der Waals surface area contributed by atoms with E-state index in [0.29, 0.717) is 17.1 Å². The third kappa shape index (κ3) is 9.15. The van der Waals surface area contributed by atoms with Crippen molar-refractivity contribution in [3.63, 3.8) is 0 Å². The number of hydrogen-bond donors (Lipinski definition) is 1. The van der Waals surface area contributed by atoms with E-state index >= 15 is 0 Å². The number of thioether (sulfide) groups is 1. The van der Waals surface area contributed by atoms with Crippen molar-refractivity contribution in [3.8, 4) is 0 Å². The van der Waals surface area contributed by atoms with Crippen LogP contribution in [0.2, 0.25) is 5.02 Å². The summed E-state index contributed by atoms with van der Waals surface area (Å²) >= 11 is 7.67. The Morgan fingerprint density at radius 1 is 0.870 bits per heavy atom. The number of carbonyl (C=O) groups is 2. The van der Waals surface area contributed by atoms with Gasteiger partial charge in [0, 0.05) is 28.9 Å². The molecule has 0 spiro atoms. The summed E-state index contributed by atoms with van der Waals surface area (Å²) in [6.45, 7) is 5.37. The Morgan fingerprint density at radius 3 is 2.09 bits per heavy atom. The number of benzene rings is 4. The van der Waals surface area contributed by atoms with Gasteiger partial charge in [-0.25, -0.2) is 8.42 Å².